The number of benzene rings is 2. The molecular weight excluding hydrogens is 426 g/mol. The molecule has 33 heavy (non-hydrogen) atoms. The topological polar surface area (TPSA) is 110 Å². The number of aryl methyl sites for hydroxylation is 1. The number of nitro benzene ring substituents is 1. The number of nitro groups is 1. The molecule has 0 atom stereocenters. The van der Waals surface area contributed by atoms with Gasteiger partial charge in [-0.2, -0.15) is 0 Å². The number of carbonyl (C=O) groups is 3. The average molecular weight is 451 g/mol. The number of amides is 3. The highest BCUT2D eigenvalue weighted by Crippen LogP contribution is 2.31. The molecule has 0 N–H and O–H groups in total. The number of likely N-dealkylation sites (tertiary alicyclic amines) is 1. The monoisotopic (exact) mass is 451 g/mol. The number of methoxy groups -OCH3 is 1. The van der Waals surface area contributed by atoms with E-state index in [0.29, 0.717) is 19.0 Å². The van der Waals surface area contributed by atoms with Crippen molar-refractivity contribution in [2.24, 2.45) is 5.92 Å². The summed E-state index contributed by atoms with van der Waals surface area (Å²) in [5.74, 6) is -0.441. The smallest absolute Gasteiger partial charge is 0.282 e. The fourth-order valence-corrected chi connectivity index (χ4v) is 4.48. The van der Waals surface area contributed by atoms with Gasteiger partial charge in [0.25, 0.3) is 17.5 Å². The van der Waals surface area contributed by atoms with Crippen LogP contribution in [0.15, 0.2) is 42.5 Å². The van der Waals surface area contributed by atoms with E-state index in [-0.39, 0.29) is 17.0 Å². The maximum absolute atomic E-state index is 12.8. The minimum Gasteiger partial charge on any atom is -0.497 e. The fourth-order valence-electron chi connectivity index (χ4n) is 4.48. The Hall–Kier alpha value is -3.75. The Morgan fingerprint density at radius 2 is 1.79 bits per heavy atom. The van der Waals surface area contributed by atoms with Gasteiger partial charge in [0.05, 0.1) is 17.6 Å². The number of rotatable bonds is 7. The summed E-state index contributed by atoms with van der Waals surface area (Å²) in [4.78, 5) is 51.1. The van der Waals surface area contributed by atoms with Crippen molar-refractivity contribution in [2.75, 3.05) is 26.7 Å². The maximum Gasteiger partial charge on any atom is 0.282 e. The van der Waals surface area contributed by atoms with E-state index in [1.807, 2.05) is 12.1 Å². The first kappa shape index (κ1) is 22.4. The third-order valence-corrected chi connectivity index (χ3v) is 6.43. The second-order valence-corrected chi connectivity index (χ2v) is 8.36. The number of hydrogen-bond donors (Lipinski definition) is 0. The molecule has 0 aliphatic carbocycles. The van der Waals surface area contributed by atoms with Crippen molar-refractivity contribution >= 4 is 23.4 Å². The van der Waals surface area contributed by atoms with Crippen LogP contribution >= 0.6 is 0 Å². The lowest BCUT2D eigenvalue weighted by atomic mass is 9.90. The maximum atomic E-state index is 12.8. The Labute approximate surface area is 191 Å². The molecule has 172 valence electrons. The van der Waals surface area contributed by atoms with Gasteiger partial charge in [-0.05, 0) is 55.4 Å². The lowest BCUT2D eigenvalue weighted by Gasteiger charge is -2.33. The zero-order valence-electron chi connectivity index (χ0n) is 18.4. The third-order valence-electron chi connectivity index (χ3n) is 6.43. The van der Waals surface area contributed by atoms with E-state index in [0.717, 1.165) is 36.3 Å². The predicted molar refractivity (Wildman–Crippen MR) is 119 cm³/mol. The minimum atomic E-state index is -0.787. The van der Waals surface area contributed by atoms with E-state index in [2.05, 4.69) is 12.1 Å². The first-order valence-electron chi connectivity index (χ1n) is 10.9. The summed E-state index contributed by atoms with van der Waals surface area (Å²) in [6.45, 7) is 0.727. The van der Waals surface area contributed by atoms with Gasteiger partial charge in [0.15, 0.2) is 0 Å². The number of piperidine rings is 1. The van der Waals surface area contributed by atoms with Crippen LogP contribution in [0.25, 0.3) is 0 Å². The molecule has 2 heterocycles. The molecule has 9 heteroatoms. The molecule has 2 aromatic carbocycles. The Morgan fingerprint density at radius 3 is 2.42 bits per heavy atom. The van der Waals surface area contributed by atoms with Gasteiger partial charge in [0.2, 0.25) is 5.91 Å². The molecule has 9 nitrogen and oxygen atoms in total. The summed E-state index contributed by atoms with van der Waals surface area (Å²) in [5.41, 5.74) is 0.560. The summed E-state index contributed by atoms with van der Waals surface area (Å²) in [6.07, 6.45) is 3.69. The highest BCUT2D eigenvalue weighted by molar-refractivity contribution is 6.24. The van der Waals surface area contributed by atoms with E-state index in [4.69, 9.17) is 4.74 Å². The van der Waals surface area contributed by atoms with Gasteiger partial charge in [-0.15, -0.1) is 0 Å². The second kappa shape index (κ2) is 9.40. The van der Waals surface area contributed by atoms with Crippen molar-refractivity contribution in [3.8, 4) is 5.75 Å². The normalized spacial score (nSPS) is 16.2. The molecule has 1 fully saturated rings. The summed E-state index contributed by atoms with van der Waals surface area (Å²) in [5, 5.41) is 11.2. The molecule has 0 aromatic heterocycles. The molecule has 3 amide bonds. The Balaban J connectivity index is 1.30. The van der Waals surface area contributed by atoms with Crippen LogP contribution in [0.2, 0.25) is 0 Å². The van der Waals surface area contributed by atoms with Gasteiger partial charge >= 0.3 is 0 Å². The van der Waals surface area contributed by atoms with Crippen LogP contribution in [0.3, 0.4) is 0 Å². The number of hydrogen-bond acceptors (Lipinski definition) is 6. The molecule has 0 unspecified atom stereocenters. The van der Waals surface area contributed by atoms with Gasteiger partial charge in [0.1, 0.15) is 17.9 Å². The highest BCUT2D eigenvalue weighted by atomic mass is 16.6. The lowest BCUT2D eigenvalue weighted by molar-refractivity contribution is -0.385. The first-order valence-corrected chi connectivity index (χ1v) is 10.9. The SMILES string of the molecule is COc1ccc(CCC2CCN(C(=O)CN3C(=O)c4cccc([N+](=O)[O-])c4C3=O)CC2)cc1. The van der Waals surface area contributed by atoms with Gasteiger partial charge < -0.3 is 9.64 Å². The van der Waals surface area contributed by atoms with Crippen molar-refractivity contribution in [1.82, 2.24) is 9.80 Å². The Kier molecular flexibility index (Phi) is 6.39. The highest BCUT2D eigenvalue weighted by Gasteiger charge is 2.42. The number of nitrogens with zero attached hydrogens (tertiary/aromatic N) is 3. The van der Waals surface area contributed by atoms with Crippen LogP contribution in [0.4, 0.5) is 5.69 Å². The molecule has 0 saturated carbocycles. The quantitative estimate of drug-likeness (QED) is 0.364. The van der Waals surface area contributed by atoms with E-state index in [1.165, 1.54) is 23.8 Å². The van der Waals surface area contributed by atoms with E-state index in [1.54, 1.807) is 12.0 Å². The largest absolute Gasteiger partial charge is 0.497 e. The fraction of sp³-hybridized carbons (Fsp3) is 0.375. The van der Waals surface area contributed by atoms with Crippen molar-refractivity contribution in [3.05, 3.63) is 69.3 Å². The van der Waals surface area contributed by atoms with Crippen molar-refractivity contribution in [2.45, 2.75) is 25.7 Å². The molecular formula is C24H25N3O6. The molecule has 0 spiro atoms. The number of fused-ring (bicyclic) bond motifs is 1. The van der Waals surface area contributed by atoms with Gasteiger partial charge in [-0.1, -0.05) is 18.2 Å². The van der Waals surface area contributed by atoms with Crippen molar-refractivity contribution in [1.29, 1.82) is 0 Å². The molecule has 0 bridgehead atoms. The summed E-state index contributed by atoms with van der Waals surface area (Å²) in [7, 11) is 1.64. The second-order valence-electron chi connectivity index (χ2n) is 8.36. The summed E-state index contributed by atoms with van der Waals surface area (Å²) >= 11 is 0. The van der Waals surface area contributed by atoms with E-state index < -0.39 is 29.0 Å². The van der Waals surface area contributed by atoms with Crippen molar-refractivity contribution in [3.63, 3.8) is 0 Å². The van der Waals surface area contributed by atoms with Gasteiger partial charge in [-0.25, -0.2) is 0 Å². The van der Waals surface area contributed by atoms with Crippen LogP contribution in [-0.2, 0) is 11.2 Å². The minimum absolute atomic E-state index is 0.0285. The van der Waals surface area contributed by atoms with E-state index in [9.17, 15) is 24.5 Å². The first-order chi connectivity index (χ1) is 15.9. The van der Waals surface area contributed by atoms with Gasteiger partial charge in [-0.3, -0.25) is 29.4 Å². The average Bonchev–Trinajstić information content (AvgIpc) is 3.08. The molecule has 4 rings (SSSR count). The zero-order valence-corrected chi connectivity index (χ0v) is 18.4. The Morgan fingerprint density at radius 1 is 1.09 bits per heavy atom. The molecule has 0 radical (unpaired) electrons. The van der Waals surface area contributed by atoms with Crippen molar-refractivity contribution < 1.29 is 24.0 Å². The van der Waals surface area contributed by atoms with Crippen LogP contribution < -0.4 is 4.74 Å². The van der Waals surface area contributed by atoms with Crippen LogP contribution in [-0.4, -0.2) is 59.2 Å². The Bertz CT molecular complexity index is 1090. The number of carbonyl (C=O) groups excluding carboxylic acids is 3. The lowest BCUT2D eigenvalue weighted by Crippen LogP contribution is -2.45. The van der Waals surface area contributed by atoms with E-state index >= 15 is 0 Å². The zero-order chi connectivity index (χ0) is 23.5. The third kappa shape index (κ3) is 4.57. The van der Waals surface area contributed by atoms with Crippen LogP contribution in [0, 0.1) is 16.0 Å². The predicted octanol–water partition coefficient (Wildman–Crippen LogP) is 3.07. The van der Waals surface area contributed by atoms with Crippen LogP contribution in [0.1, 0.15) is 45.5 Å². The van der Waals surface area contributed by atoms with Crippen LogP contribution in [0.5, 0.6) is 5.75 Å². The molecule has 2 aliphatic rings. The summed E-state index contributed by atoms with van der Waals surface area (Å²) < 4.78 is 5.18. The number of imide groups is 1. The molecule has 2 aliphatic heterocycles. The molecule has 2 aromatic rings. The molecule has 1 saturated heterocycles. The van der Waals surface area contributed by atoms with Gasteiger partial charge in [0, 0.05) is 19.2 Å². The summed E-state index contributed by atoms with van der Waals surface area (Å²) in [6, 6.07) is 11.9. The standard InChI is InChI=1S/C24H25N3O6/c1-33-18-9-7-16(8-10-18)5-6-17-11-13-25(14-12-17)21(28)15-26-23(29)19-3-2-4-20(27(31)32)22(19)24(26)30/h2-4,7-10,17H,5-6,11-15H2,1H3. The number of ether oxygens (including phenoxy) is 1.